The minimum absolute atomic E-state index is 0.150. The Labute approximate surface area is 117 Å². The second kappa shape index (κ2) is 5.87. The Morgan fingerprint density at radius 2 is 1.94 bits per heavy atom. The van der Waals surface area contributed by atoms with Crippen LogP contribution in [0.2, 0.25) is 0 Å². The van der Waals surface area contributed by atoms with Crippen LogP contribution in [0, 0.1) is 5.92 Å². The van der Waals surface area contributed by atoms with Crippen molar-refractivity contribution in [2.24, 2.45) is 5.92 Å². The van der Waals surface area contributed by atoms with E-state index in [4.69, 9.17) is 4.74 Å². The number of hydrogen-bond acceptors (Lipinski definition) is 2. The van der Waals surface area contributed by atoms with Crippen molar-refractivity contribution in [3.8, 4) is 0 Å². The van der Waals surface area contributed by atoms with Crippen molar-refractivity contribution in [3.63, 3.8) is 0 Å². The monoisotopic (exact) mass is 310 g/mol. The predicted molar refractivity (Wildman–Crippen MR) is 75.6 cm³/mol. The molecule has 1 saturated carbocycles. The van der Waals surface area contributed by atoms with Crippen LogP contribution in [0.3, 0.4) is 0 Å². The molecule has 0 heterocycles. The van der Waals surface area contributed by atoms with E-state index < -0.39 is 4.32 Å². The molecule has 0 spiro atoms. The van der Waals surface area contributed by atoms with Crippen LogP contribution in [-0.2, 0) is 13.9 Å². The van der Waals surface area contributed by atoms with Crippen molar-refractivity contribution in [2.45, 2.75) is 36.9 Å². The lowest BCUT2D eigenvalue weighted by molar-refractivity contribution is -0.147. The average molecular weight is 311 g/mol. The number of carbonyl (C=O) groups excluding carboxylic acids is 1. The molecule has 0 radical (unpaired) electrons. The topological polar surface area (TPSA) is 26.3 Å². The molecule has 0 N–H and O–H groups in total. The van der Waals surface area contributed by atoms with Crippen LogP contribution in [0.15, 0.2) is 30.3 Å². The molecule has 1 atom stereocenters. The van der Waals surface area contributed by atoms with Crippen LogP contribution in [0.4, 0.5) is 0 Å². The smallest absolute Gasteiger partial charge is 0.327 e. The van der Waals surface area contributed by atoms with Gasteiger partial charge in [0.05, 0.1) is 6.61 Å². The van der Waals surface area contributed by atoms with Crippen LogP contribution in [0.1, 0.15) is 38.2 Å². The van der Waals surface area contributed by atoms with Crippen molar-refractivity contribution < 1.29 is 9.53 Å². The van der Waals surface area contributed by atoms with Gasteiger partial charge < -0.3 is 4.74 Å². The first-order valence-corrected chi connectivity index (χ1v) is 7.40. The van der Waals surface area contributed by atoms with E-state index >= 15 is 0 Å². The van der Waals surface area contributed by atoms with Gasteiger partial charge in [0.1, 0.15) is 0 Å². The molecule has 1 aliphatic carbocycles. The highest BCUT2D eigenvalue weighted by molar-refractivity contribution is 9.10. The third kappa shape index (κ3) is 2.46. The lowest BCUT2D eigenvalue weighted by Crippen LogP contribution is -2.37. The number of benzene rings is 1. The molecule has 1 aliphatic rings. The van der Waals surface area contributed by atoms with E-state index in [2.05, 4.69) is 15.9 Å². The van der Waals surface area contributed by atoms with Gasteiger partial charge in [-0.1, -0.05) is 59.1 Å². The molecule has 2 rings (SSSR count). The molecule has 1 unspecified atom stereocenters. The van der Waals surface area contributed by atoms with E-state index in [1.807, 2.05) is 37.3 Å². The van der Waals surface area contributed by atoms with Gasteiger partial charge >= 0.3 is 5.97 Å². The van der Waals surface area contributed by atoms with Crippen LogP contribution in [0.25, 0.3) is 0 Å². The molecular weight excluding hydrogens is 292 g/mol. The molecule has 0 aromatic heterocycles. The van der Waals surface area contributed by atoms with Crippen molar-refractivity contribution in [3.05, 3.63) is 35.9 Å². The molecule has 3 heteroatoms. The molecule has 2 nitrogen and oxygen atoms in total. The van der Waals surface area contributed by atoms with Gasteiger partial charge in [0.15, 0.2) is 4.32 Å². The first-order chi connectivity index (χ1) is 8.69. The molecule has 0 saturated heterocycles. The molecule has 0 bridgehead atoms. The summed E-state index contributed by atoms with van der Waals surface area (Å²) in [6, 6.07) is 9.92. The summed E-state index contributed by atoms with van der Waals surface area (Å²) in [7, 11) is 0. The van der Waals surface area contributed by atoms with Gasteiger partial charge in [-0.05, 0) is 31.2 Å². The molecule has 0 amide bonds. The largest absolute Gasteiger partial charge is 0.465 e. The fourth-order valence-corrected chi connectivity index (χ4v) is 3.60. The Hall–Kier alpha value is -0.830. The van der Waals surface area contributed by atoms with E-state index in [1.54, 1.807) is 0 Å². The van der Waals surface area contributed by atoms with Gasteiger partial charge in [0.25, 0.3) is 0 Å². The van der Waals surface area contributed by atoms with Crippen LogP contribution in [-0.4, -0.2) is 12.6 Å². The highest BCUT2D eigenvalue weighted by atomic mass is 79.9. The normalized spacial score (nSPS) is 19.4. The van der Waals surface area contributed by atoms with E-state index in [1.165, 1.54) is 12.8 Å². The zero-order valence-electron chi connectivity index (χ0n) is 10.7. The third-order valence-corrected chi connectivity index (χ3v) is 5.11. The minimum Gasteiger partial charge on any atom is -0.465 e. The SMILES string of the molecule is CCOC(=O)C(Br)(c1ccccc1)C1CCCC1. The third-order valence-electron chi connectivity index (χ3n) is 3.68. The van der Waals surface area contributed by atoms with Gasteiger partial charge in [-0.25, -0.2) is 0 Å². The number of esters is 1. The Kier molecular flexibility index (Phi) is 4.44. The van der Waals surface area contributed by atoms with Crippen molar-refractivity contribution in [1.82, 2.24) is 0 Å². The Morgan fingerprint density at radius 1 is 1.33 bits per heavy atom. The van der Waals surface area contributed by atoms with E-state index in [-0.39, 0.29) is 5.97 Å². The first-order valence-electron chi connectivity index (χ1n) is 6.61. The maximum atomic E-state index is 12.4. The summed E-state index contributed by atoms with van der Waals surface area (Å²) < 4.78 is 4.62. The zero-order chi connectivity index (χ0) is 13.0. The number of hydrogen-bond donors (Lipinski definition) is 0. The first kappa shape index (κ1) is 13.6. The second-order valence-corrected chi connectivity index (χ2v) is 6.03. The predicted octanol–water partition coefficient (Wildman–Crippen LogP) is 4.03. The highest BCUT2D eigenvalue weighted by Gasteiger charge is 2.47. The maximum Gasteiger partial charge on any atom is 0.327 e. The molecule has 1 aromatic carbocycles. The van der Waals surface area contributed by atoms with Crippen LogP contribution < -0.4 is 0 Å². The standard InChI is InChI=1S/C15H19BrO2/c1-2-18-14(17)15(16,13-10-6-7-11-13)12-8-4-3-5-9-12/h3-5,8-9,13H,2,6-7,10-11H2,1H3. The minimum atomic E-state index is -0.666. The van der Waals surface area contributed by atoms with Crippen molar-refractivity contribution in [2.75, 3.05) is 6.61 Å². The summed E-state index contributed by atoms with van der Waals surface area (Å²) in [6.45, 7) is 2.27. The lowest BCUT2D eigenvalue weighted by Gasteiger charge is -2.31. The Bertz CT molecular complexity index is 398. The summed E-state index contributed by atoms with van der Waals surface area (Å²) in [6.07, 6.45) is 4.56. The van der Waals surface area contributed by atoms with Crippen LogP contribution >= 0.6 is 15.9 Å². The van der Waals surface area contributed by atoms with E-state index in [0.717, 1.165) is 18.4 Å². The summed E-state index contributed by atoms with van der Waals surface area (Å²) in [4.78, 5) is 12.4. The molecule has 1 fully saturated rings. The Balaban J connectivity index is 2.35. The number of rotatable bonds is 4. The van der Waals surface area contributed by atoms with Gasteiger partial charge in [-0.2, -0.15) is 0 Å². The van der Waals surface area contributed by atoms with E-state index in [0.29, 0.717) is 12.5 Å². The quantitative estimate of drug-likeness (QED) is 0.620. The number of halogens is 1. The summed E-state index contributed by atoms with van der Waals surface area (Å²) >= 11 is 3.71. The highest BCUT2D eigenvalue weighted by Crippen LogP contribution is 2.47. The Morgan fingerprint density at radius 3 is 2.50 bits per heavy atom. The molecular formula is C15H19BrO2. The van der Waals surface area contributed by atoms with Gasteiger partial charge in [0.2, 0.25) is 0 Å². The van der Waals surface area contributed by atoms with E-state index in [9.17, 15) is 4.79 Å². The summed E-state index contributed by atoms with van der Waals surface area (Å²) in [5.74, 6) is 0.182. The van der Waals surface area contributed by atoms with Crippen molar-refractivity contribution in [1.29, 1.82) is 0 Å². The zero-order valence-corrected chi connectivity index (χ0v) is 12.3. The maximum absolute atomic E-state index is 12.4. The van der Waals surface area contributed by atoms with Gasteiger partial charge in [0, 0.05) is 0 Å². The number of alkyl halides is 1. The van der Waals surface area contributed by atoms with Crippen molar-refractivity contribution >= 4 is 21.9 Å². The fourth-order valence-electron chi connectivity index (χ4n) is 2.76. The fraction of sp³-hybridized carbons (Fsp3) is 0.533. The number of carbonyl (C=O) groups is 1. The molecule has 98 valence electrons. The lowest BCUT2D eigenvalue weighted by atomic mass is 9.84. The molecule has 1 aromatic rings. The summed E-state index contributed by atoms with van der Waals surface area (Å²) in [5, 5.41) is 0. The van der Waals surface area contributed by atoms with Gasteiger partial charge in [-0.3, -0.25) is 4.79 Å². The van der Waals surface area contributed by atoms with Gasteiger partial charge in [-0.15, -0.1) is 0 Å². The van der Waals surface area contributed by atoms with Crippen LogP contribution in [0.5, 0.6) is 0 Å². The molecule has 18 heavy (non-hydrogen) atoms. The second-order valence-electron chi connectivity index (χ2n) is 4.78. The summed E-state index contributed by atoms with van der Waals surface area (Å²) in [5.41, 5.74) is 1.01. The average Bonchev–Trinajstić information content (AvgIpc) is 2.93. The molecule has 0 aliphatic heterocycles. The number of ether oxygens (including phenoxy) is 1.